The standard InChI is InChI=1S/C19H23N3O3/c1-13(2)17(23)22-11-15(20-3)9-19(22)12-21(18(19)24)10-14-5-7-16(25-4)8-6-14/h5-8,13,15H,9-12H2,1-2,4H3/t15-,19?/m0/s1. The maximum Gasteiger partial charge on any atom is 0.251 e. The fourth-order valence-corrected chi connectivity index (χ4v) is 3.74. The Balaban J connectivity index is 1.74. The number of amides is 2. The minimum Gasteiger partial charge on any atom is -0.497 e. The maximum absolute atomic E-state index is 12.9. The molecule has 2 aliphatic rings. The molecule has 0 aliphatic carbocycles. The van der Waals surface area contributed by atoms with Gasteiger partial charge in [-0.3, -0.25) is 9.59 Å². The summed E-state index contributed by atoms with van der Waals surface area (Å²) in [7, 11) is 1.62. The van der Waals surface area contributed by atoms with Crippen LogP contribution in [-0.4, -0.2) is 53.4 Å². The molecule has 0 bridgehead atoms. The zero-order valence-corrected chi connectivity index (χ0v) is 14.9. The van der Waals surface area contributed by atoms with Gasteiger partial charge >= 0.3 is 0 Å². The fraction of sp³-hybridized carbons (Fsp3) is 0.526. The van der Waals surface area contributed by atoms with Gasteiger partial charge in [-0.2, -0.15) is 0 Å². The second-order valence-corrected chi connectivity index (χ2v) is 7.13. The Morgan fingerprint density at radius 1 is 1.40 bits per heavy atom. The van der Waals surface area contributed by atoms with E-state index < -0.39 is 5.54 Å². The summed E-state index contributed by atoms with van der Waals surface area (Å²) in [5.74, 6) is 0.524. The van der Waals surface area contributed by atoms with Gasteiger partial charge in [0, 0.05) is 12.5 Å². The van der Waals surface area contributed by atoms with Crippen LogP contribution >= 0.6 is 0 Å². The number of β-lactam (4-membered cyclic amide) rings is 1. The number of benzene rings is 1. The molecular formula is C19H23N3O3. The Bertz CT molecular complexity index is 722. The van der Waals surface area contributed by atoms with Gasteiger partial charge in [0.05, 0.1) is 26.6 Å². The van der Waals surface area contributed by atoms with E-state index in [2.05, 4.69) is 4.85 Å². The molecule has 3 rings (SSSR count). The minimum absolute atomic E-state index is 0.0383. The van der Waals surface area contributed by atoms with Crippen molar-refractivity contribution in [1.29, 1.82) is 0 Å². The van der Waals surface area contributed by atoms with E-state index >= 15 is 0 Å². The maximum atomic E-state index is 12.9. The van der Waals surface area contributed by atoms with E-state index in [1.807, 2.05) is 38.1 Å². The number of likely N-dealkylation sites (tertiary alicyclic amines) is 2. The van der Waals surface area contributed by atoms with Crippen LogP contribution in [0.4, 0.5) is 0 Å². The number of nitrogens with zero attached hydrogens (tertiary/aromatic N) is 3. The number of carbonyl (C=O) groups is 2. The monoisotopic (exact) mass is 341 g/mol. The zero-order chi connectivity index (χ0) is 18.2. The summed E-state index contributed by atoms with van der Waals surface area (Å²) in [5.41, 5.74) is 0.216. The summed E-state index contributed by atoms with van der Waals surface area (Å²) < 4.78 is 5.15. The molecule has 25 heavy (non-hydrogen) atoms. The number of rotatable bonds is 4. The molecule has 2 saturated heterocycles. The van der Waals surface area contributed by atoms with Crippen LogP contribution in [-0.2, 0) is 16.1 Å². The summed E-state index contributed by atoms with van der Waals surface area (Å²) in [6.07, 6.45) is 0.451. The van der Waals surface area contributed by atoms with Crippen LogP contribution in [0.25, 0.3) is 4.85 Å². The van der Waals surface area contributed by atoms with Gasteiger partial charge in [-0.1, -0.05) is 26.0 Å². The van der Waals surface area contributed by atoms with Crippen molar-refractivity contribution >= 4 is 11.8 Å². The molecule has 1 spiro atoms. The molecule has 1 aromatic rings. The van der Waals surface area contributed by atoms with E-state index in [-0.39, 0.29) is 23.8 Å². The molecule has 0 N–H and O–H groups in total. The quantitative estimate of drug-likeness (QED) is 0.621. The molecule has 0 saturated carbocycles. The van der Waals surface area contributed by atoms with Crippen LogP contribution in [0.15, 0.2) is 24.3 Å². The van der Waals surface area contributed by atoms with Crippen LogP contribution in [0.1, 0.15) is 25.8 Å². The largest absolute Gasteiger partial charge is 0.497 e. The van der Waals surface area contributed by atoms with Gasteiger partial charge < -0.3 is 19.4 Å². The van der Waals surface area contributed by atoms with Gasteiger partial charge in [-0.05, 0) is 17.7 Å². The van der Waals surface area contributed by atoms with Crippen LogP contribution in [0.2, 0.25) is 0 Å². The predicted octanol–water partition coefficient (Wildman–Crippen LogP) is 1.95. The lowest BCUT2D eigenvalue weighted by molar-refractivity contribution is -0.169. The number of ether oxygens (including phenoxy) is 1. The molecule has 2 atom stereocenters. The molecule has 2 aliphatic heterocycles. The lowest BCUT2D eigenvalue weighted by Gasteiger charge is -2.50. The van der Waals surface area contributed by atoms with Crippen molar-refractivity contribution in [1.82, 2.24) is 9.80 Å². The van der Waals surface area contributed by atoms with Crippen molar-refractivity contribution in [2.24, 2.45) is 5.92 Å². The Morgan fingerprint density at radius 2 is 2.08 bits per heavy atom. The van der Waals surface area contributed by atoms with Crippen LogP contribution in [0.5, 0.6) is 5.75 Å². The Kier molecular flexibility index (Phi) is 4.42. The number of methoxy groups -OCH3 is 1. The molecule has 2 amide bonds. The van der Waals surface area contributed by atoms with Gasteiger partial charge in [0.25, 0.3) is 5.91 Å². The molecular weight excluding hydrogens is 318 g/mol. The van der Waals surface area contributed by atoms with Crippen LogP contribution in [0.3, 0.4) is 0 Å². The third-order valence-electron chi connectivity index (χ3n) is 5.10. The van der Waals surface area contributed by atoms with Gasteiger partial charge in [0.1, 0.15) is 11.3 Å². The zero-order valence-electron chi connectivity index (χ0n) is 14.9. The molecule has 6 nitrogen and oxygen atoms in total. The molecule has 2 fully saturated rings. The molecule has 1 aromatic carbocycles. The lowest BCUT2D eigenvalue weighted by Crippen LogP contribution is -2.72. The summed E-state index contributed by atoms with van der Waals surface area (Å²) >= 11 is 0. The van der Waals surface area contributed by atoms with Crippen LogP contribution in [0, 0.1) is 12.5 Å². The minimum atomic E-state index is -0.803. The molecule has 2 heterocycles. The normalized spacial score (nSPS) is 25.2. The number of hydrogen-bond acceptors (Lipinski definition) is 3. The first-order chi connectivity index (χ1) is 11.9. The Labute approximate surface area is 148 Å². The van der Waals surface area contributed by atoms with Crippen LogP contribution < -0.4 is 4.74 Å². The average Bonchev–Trinajstić information content (AvgIpc) is 3.02. The molecule has 1 unspecified atom stereocenters. The first-order valence-electron chi connectivity index (χ1n) is 8.51. The van der Waals surface area contributed by atoms with E-state index in [1.54, 1.807) is 16.9 Å². The molecule has 6 heteroatoms. The third-order valence-corrected chi connectivity index (χ3v) is 5.10. The summed E-state index contributed by atoms with van der Waals surface area (Å²) in [5, 5.41) is 0. The highest BCUT2D eigenvalue weighted by Gasteiger charge is 2.63. The van der Waals surface area contributed by atoms with E-state index in [0.29, 0.717) is 26.1 Å². The molecule has 0 radical (unpaired) electrons. The first-order valence-corrected chi connectivity index (χ1v) is 8.51. The summed E-state index contributed by atoms with van der Waals surface area (Å²) in [6.45, 7) is 12.3. The fourth-order valence-electron chi connectivity index (χ4n) is 3.74. The highest BCUT2D eigenvalue weighted by molar-refractivity contribution is 5.97. The third kappa shape index (κ3) is 2.84. The predicted molar refractivity (Wildman–Crippen MR) is 92.7 cm³/mol. The van der Waals surface area contributed by atoms with Crippen molar-refractivity contribution in [2.75, 3.05) is 20.2 Å². The number of carbonyl (C=O) groups excluding carboxylic acids is 2. The van der Waals surface area contributed by atoms with E-state index in [1.165, 1.54) is 0 Å². The summed E-state index contributed by atoms with van der Waals surface area (Å²) in [4.78, 5) is 32.5. The molecule has 0 aromatic heterocycles. The molecule has 132 valence electrons. The topological polar surface area (TPSA) is 54.2 Å². The van der Waals surface area contributed by atoms with Gasteiger partial charge in [-0.15, -0.1) is 0 Å². The average molecular weight is 341 g/mol. The Morgan fingerprint density at radius 3 is 2.60 bits per heavy atom. The van der Waals surface area contributed by atoms with Gasteiger partial charge in [0.15, 0.2) is 0 Å². The number of hydrogen-bond donors (Lipinski definition) is 0. The van der Waals surface area contributed by atoms with Crippen molar-refractivity contribution in [2.45, 2.75) is 38.4 Å². The van der Waals surface area contributed by atoms with Crippen molar-refractivity contribution in [3.8, 4) is 5.75 Å². The van der Waals surface area contributed by atoms with E-state index in [9.17, 15) is 9.59 Å². The van der Waals surface area contributed by atoms with E-state index in [4.69, 9.17) is 11.3 Å². The Hall–Kier alpha value is -2.55. The SMILES string of the molecule is [C-]#[N+][C@@H]1CN(C(=O)C(C)C)C2(C1)CN(Cc1ccc(OC)cc1)C2=O. The second-order valence-electron chi connectivity index (χ2n) is 7.13. The second kappa shape index (κ2) is 6.40. The first kappa shape index (κ1) is 17.3. The highest BCUT2D eigenvalue weighted by atomic mass is 16.5. The van der Waals surface area contributed by atoms with Crippen molar-refractivity contribution < 1.29 is 14.3 Å². The van der Waals surface area contributed by atoms with Crippen molar-refractivity contribution in [3.05, 3.63) is 41.2 Å². The van der Waals surface area contributed by atoms with Gasteiger partial charge in [-0.25, -0.2) is 6.57 Å². The lowest BCUT2D eigenvalue weighted by atomic mass is 9.84. The van der Waals surface area contributed by atoms with Gasteiger partial charge in [0.2, 0.25) is 11.9 Å². The highest BCUT2D eigenvalue weighted by Crippen LogP contribution is 2.41. The smallest absolute Gasteiger partial charge is 0.251 e. The summed E-state index contributed by atoms with van der Waals surface area (Å²) in [6, 6.07) is 7.33. The van der Waals surface area contributed by atoms with Crippen molar-refractivity contribution in [3.63, 3.8) is 0 Å². The van der Waals surface area contributed by atoms with E-state index in [0.717, 1.165) is 11.3 Å².